The molecule has 0 aliphatic carbocycles. The van der Waals surface area contributed by atoms with Crippen molar-refractivity contribution in [2.75, 3.05) is 25.0 Å². The lowest BCUT2D eigenvalue weighted by Crippen LogP contribution is -2.50. The van der Waals surface area contributed by atoms with Crippen molar-refractivity contribution >= 4 is 39.1 Å². The molecule has 3 aromatic rings. The van der Waals surface area contributed by atoms with E-state index in [1.807, 2.05) is 19.9 Å². The van der Waals surface area contributed by atoms with E-state index in [2.05, 4.69) is 5.32 Å². The number of nitrogens with one attached hydrogen (secondary N) is 1. The molecule has 0 heterocycles. The molecule has 0 unspecified atom stereocenters. The van der Waals surface area contributed by atoms with E-state index in [1.165, 1.54) is 43.3 Å². The molecule has 202 valence electrons. The number of ether oxygens (including phenoxy) is 1. The molecule has 38 heavy (non-hydrogen) atoms. The van der Waals surface area contributed by atoms with Crippen molar-refractivity contribution in [3.8, 4) is 5.75 Å². The van der Waals surface area contributed by atoms with Gasteiger partial charge in [-0.05, 0) is 86.0 Å². The summed E-state index contributed by atoms with van der Waals surface area (Å²) in [4.78, 5) is 27.8. The fourth-order valence-electron chi connectivity index (χ4n) is 3.90. The highest BCUT2D eigenvalue weighted by Crippen LogP contribution is 2.27. The van der Waals surface area contributed by atoms with Crippen LogP contribution >= 0.6 is 11.6 Å². The summed E-state index contributed by atoms with van der Waals surface area (Å²) >= 11 is 5.98. The molecule has 0 saturated carbocycles. The Bertz CT molecular complexity index is 1410. The highest BCUT2D eigenvalue weighted by molar-refractivity contribution is 7.92. The van der Waals surface area contributed by atoms with Gasteiger partial charge in [-0.2, -0.15) is 0 Å². The molecule has 0 saturated heterocycles. The monoisotopic (exact) mass is 557 g/mol. The van der Waals surface area contributed by atoms with Crippen molar-refractivity contribution in [2.24, 2.45) is 0 Å². The second kappa shape index (κ2) is 12.3. The summed E-state index contributed by atoms with van der Waals surface area (Å²) < 4.78 is 34.0. The number of likely N-dealkylation sites (N-methyl/N-ethyl adjacent to an activating group) is 1. The maximum Gasteiger partial charge on any atom is 0.264 e. The Morgan fingerprint density at radius 1 is 1.00 bits per heavy atom. The van der Waals surface area contributed by atoms with Gasteiger partial charge in [0.1, 0.15) is 18.3 Å². The Kier molecular flexibility index (Phi) is 9.40. The molecule has 1 atom stereocenters. The number of rotatable bonds is 10. The van der Waals surface area contributed by atoms with Crippen LogP contribution in [0.25, 0.3) is 0 Å². The maximum atomic E-state index is 13.8. The Morgan fingerprint density at radius 2 is 1.68 bits per heavy atom. The SMILES string of the molecule is CNC(=O)[C@H](C)N(Cc1cccc(OC)c1)C(=O)CN(c1ccc(C)c(C)c1)S(=O)(=O)c1ccc(Cl)cc1. The van der Waals surface area contributed by atoms with Crippen molar-refractivity contribution in [1.29, 1.82) is 0 Å². The van der Waals surface area contributed by atoms with Gasteiger partial charge in [0.2, 0.25) is 11.8 Å². The summed E-state index contributed by atoms with van der Waals surface area (Å²) in [5, 5.41) is 2.96. The van der Waals surface area contributed by atoms with E-state index < -0.39 is 28.5 Å². The van der Waals surface area contributed by atoms with Crippen LogP contribution in [0.1, 0.15) is 23.6 Å². The summed E-state index contributed by atoms with van der Waals surface area (Å²) in [5.41, 5.74) is 2.92. The molecule has 0 spiro atoms. The third kappa shape index (κ3) is 6.65. The van der Waals surface area contributed by atoms with Crippen molar-refractivity contribution in [3.05, 3.63) is 88.4 Å². The Labute approximate surface area is 229 Å². The lowest BCUT2D eigenvalue weighted by Gasteiger charge is -2.32. The first kappa shape index (κ1) is 29.0. The number of carbonyl (C=O) groups is 2. The second-order valence-corrected chi connectivity index (χ2v) is 11.2. The number of nitrogens with zero attached hydrogens (tertiary/aromatic N) is 2. The van der Waals surface area contributed by atoms with Crippen LogP contribution in [-0.4, -0.2) is 51.9 Å². The molecule has 10 heteroatoms. The van der Waals surface area contributed by atoms with Gasteiger partial charge in [0.05, 0.1) is 17.7 Å². The Hall–Kier alpha value is -3.56. The number of methoxy groups -OCH3 is 1. The standard InChI is InChI=1S/C28H32ClN3O5S/c1-19-9-12-24(15-20(19)2)32(38(35,36)26-13-10-23(29)11-14-26)18-27(33)31(21(3)28(34)30-4)17-22-7-6-8-25(16-22)37-5/h6-16,21H,17-18H2,1-5H3,(H,30,34)/t21-/m0/s1. The molecular weight excluding hydrogens is 526 g/mol. The first-order chi connectivity index (χ1) is 18.0. The van der Waals surface area contributed by atoms with Crippen LogP contribution in [0.2, 0.25) is 5.02 Å². The molecule has 0 fully saturated rings. The number of amides is 2. The van der Waals surface area contributed by atoms with Gasteiger partial charge in [-0.1, -0.05) is 29.8 Å². The quantitative estimate of drug-likeness (QED) is 0.400. The number of carbonyl (C=O) groups excluding carboxylic acids is 2. The lowest BCUT2D eigenvalue weighted by molar-refractivity contribution is -0.139. The number of halogens is 1. The van der Waals surface area contributed by atoms with Gasteiger partial charge in [-0.3, -0.25) is 13.9 Å². The minimum Gasteiger partial charge on any atom is -0.497 e. The number of hydrogen-bond donors (Lipinski definition) is 1. The topological polar surface area (TPSA) is 96.0 Å². The first-order valence-corrected chi connectivity index (χ1v) is 13.8. The molecule has 8 nitrogen and oxygen atoms in total. The van der Waals surface area contributed by atoms with Crippen LogP contribution in [-0.2, 0) is 26.2 Å². The summed E-state index contributed by atoms with van der Waals surface area (Å²) in [6, 6.07) is 17.2. The minimum absolute atomic E-state index is 0.00776. The largest absolute Gasteiger partial charge is 0.497 e. The molecule has 3 aromatic carbocycles. The van der Waals surface area contributed by atoms with Gasteiger partial charge in [0.15, 0.2) is 0 Å². The van der Waals surface area contributed by atoms with Crippen molar-refractivity contribution in [3.63, 3.8) is 0 Å². The maximum absolute atomic E-state index is 13.8. The smallest absolute Gasteiger partial charge is 0.264 e. The molecule has 0 radical (unpaired) electrons. The molecule has 0 bridgehead atoms. The molecular formula is C28H32ClN3O5S. The zero-order valence-corrected chi connectivity index (χ0v) is 23.6. The fourth-order valence-corrected chi connectivity index (χ4v) is 5.43. The minimum atomic E-state index is -4.16. The molecule has 0 aromatic heterocycles. The molecule has 0 aliphatic heterocycles. The number of aryl methyl sites for hydroxylation is 2. The number of hydrogen-bond acceptors (Lipinski definition) is 5. The van der Waals surface area contributed by atoms with Crippen molar-refractivity contribution in [2.45, 2.75) is 38.3 Å². The van der Waals surface area contributed by atoms with Gasteiger partial charge in [0.25, 0.3) is 10.0 Å². The average Bonchev–Trinajstić information content (AvgIpc) is 2.91. The van der Waals surface area contributed by atoms with E-state index in [0.717, 1.165) is 21.0 Å². The van der Waals surface area contributed by atoms with E-state index in [9.17, 15) is 18.0 Å². The average molecular weight is 558 g/mol. The second-order valence-electron chi connectivity index (χ2n) is 8.90. The summed E-state index contributed by atoms with van der Waals surface area (Å²) in [5.74, 6) is -0.316. The highest BCUT2D eigenvalue weighted by Gasteiger charge is 2.32. The van der Waals surface area contributed by atoms with E-state index in [1.54, 1.807) is 43.3 Å². The Morgan fingerprint density at radius 3 is 2.29 bits per heavy atom. The van der Waals surface area contributed by atoms with Gasteiger partial charge >= 0.3 is 0 Å². The number of anilines is 1. The zero-order valence-electron chi connectivity index (χ0n) is 22.1. The Balaban J connectivity index is 2.06. The summed E-state index contributed by atoms with van der Waals surface area (Å²) in [6.45, 7) is 4.95. The van der Waals surface area contributed by atoms with Crippen LogP contribution in [0.15, 0.2) is 71.6 Å². The van der Waals surface area contributed by atoms with Crippen LogP contribution in [0.4, 0.5) is 5.69 Å². The van der Waals surface area contributed by atoms with Gasteiger partial charge < -0.3 is 15.0 Å². The highest BCUT2D eigenvalue weighted by atomic mass is 35.5. The van der Waals surface area contributed by atoms with Gasteiger partial charge in [-0.25, -0.2) is 8.42 Å². The predicted molar refractivity (Wildman–Crippen MR) is 149 cm³/mol. The summed E-state index contributed by atoms with van der Waals surface area (Å²) in [6.07, 6.45) is 0. The normalized spacial score (nSPS) is 11.9. The molecule has 3 rings (SSSR count). The van der Waals surface area contributed by atoms with Gasteiger partial charge in [-0.15, -0.1) is 0 Å². The first-order valence-electron chi connectivity index (χ1n) is 12.0. The third-order valence-corrected chi connectivity index (χ3v) is 8.40. The number of sulfonamides is 1. The van der Waals surface area contributed by atoms with Crippen molar-refractivity contribution in [1.82, 2.24) is 10.2 Å². The molecule has 1 N–H and O–H groups in total. The van der Waals surface area contributed by atoms with Crippen LogP contribution in [0, 0.1) is 13.8 Å². The summed E-state index contributed by atoms with van der Waals surface area (Å²) in [7, 11) is -1.13. The van der Waals surface area contributed by atoms with Crippen molar-refractivity contribution < 1.29 is 22.7 Å². The van der Waals surface area contributed by atoms with Crippen LogP contribution in [0.3, 0.4) is 0 Å². The molecule has 2 amide bonds. The lowest BCUT2D eigenvalue weighted by atomic mass is 10.1. The third-order valence-electron chi connectivity index (χ3n) is 6.36. The predicted octanol–water partition coefficient (Wildman–Crippen LogP) is 4.32. The van der Waals surface area contributed by atoms with Crippen LogP contribution in [0.5, 0.6) is 5.75 Å². The van der Waals surface area contributed by atoms with E-state index in [4.69, 9.17) is 16.3 Å². The number of benzene rings is 3. The van der Waals surface area contributed by atoms with Gasteiger partial charge in [0, 0.05) is 18.6 Å². The molecule has 0 aliphatic rings. The van der Waals surface area contributed by atoms with E-state index >= 15 is 0 Å². The van der Waals surface area contributed by atoms with Crippen LogP contribution < -0.4 is 14.4 Å². The fraction of sp³-hybridized carbons (Fsp3) is 0.286. The zero-order chi connectivity index (χ0) is 28.0. The van der Waals surface area contributed by atoms with E-state index in [-0.39, 0.29) is 17.3 Å². The van der Waals surface area contributed by atoms with E-state index in [0.29, 0.717) is 16.5 Å².